The van der Waals surface area contributed by atoms with E-state index >= 15 is 0 Å². The lowest BCUT2D eigenvalue weighted by atomic mass is 9.83. The summed E-state index contributed by atoms with van der Waals surface area (Å²) in [6.45, 7) is 12.1. The molecule has 1 unspecified atom stereocenters. The second-order valence-electron chi connectivity index (χ2n) is 6.20. The van der Waals surface area contributed by atoms with Crippen LogP contribution in [-0.2, 0) is 4.52 Å². The van der Waals surface area contributed by atoms with E-state index in [1.54, 1.807) is 0 Å². The lowest BCUT2D eigenvalue weighted by Crippen LogP contribution is -2.55. The third-order valence-corrected chi connectivity index (χ3v) is 6.22. The second kappa shape index (κ2) is 6.33. The van der Waals surface area contributed by atoms with E-state index in [2.05, 4.69) is 45.4 Å². The van der Waals surface area contributed by atoms with Gasteiger partial charge in [0.25, 0.3) is 0 Å². The minimum absolute atomic E-state index is 0.204. The predicted octanol–water partition coefficient (Wildman–Crippen LogP) is 4.29. The van der Waals surface area contributed by atoms with Gasteiger partial charge in [-0.05, 0) is 47.0 Å². The number of nitrogens with zero attached hydrogens (tertiary/aromatic N) is 2. The minimum Gasteiger partial charge on any atom is -0.342 e. The van der Waals surface area contributed by atoms with Crippen LogP contribution < -0.4 is 0 Å². The zero-order chi connectivity index (χ0) is 13.8. The molecule has 4 heteroatoms. The second-order valence-corrected chi connectivity index (χ2v) is 8.19. The Kier molecular flexibility index (Phi) is 5.59. The minimum atomic E-state index is -0.582. The predicted molar refractivity (Wildman–Crippen MR) is 77.5 cm³/mol. The monoisotopic (exact) mass is 270 g/mol. The molecule has 0 radical (unpaired) electrons. The van der Waals surface area contributed by atoms with Gasteiger partial charge in [-0.2, -0.15) is 5.26 Å². The molecule has 1 atom stereocenters. The quantitative estimate of drug-likeness (QED) is 0.552. The highest BCUT2D eigenvalue weighted by Crippen LogP contribution is 2.55. The first kappa shape index (κ1) is 15.9. The Balaban J connectivity index is 2.81. The maximum absolute atomic E-state index is 8.63. The number of hydrogen-bond donors (Lipinski definition) is 0. The van der Waals surface area contributed by atoms with Gasteiger partial charge in [-0.1, -0.05) is 6.92 Å². The zero-order valence-electron chi connectivity index (χ0n) is 12.5. The summed E-state index contributed by atoms with van der Waals surface area (Å²) in [6, 6.07) is 2.16. The van der Waals surface area contributed by atoms with E-state index in [9.17, 15) is 0 Å². The molecule has 3 nitrogen and oxygen atoms in total. The van der Waals surface area contributed by atoms with Crippen molar-refractivity contribution in [2.24, 2.45) is 0 Å². The Morgan fingerprint density at radius 3 is 2.22 bits per heavy atom. The largest absolute Gasteiger partial charge is 0.342 e. The highest BCUT2D eigenvalue weighted by atomic mass is 31.2. The van der Waals surface area contributed by atoms with Crippen LogP contribution in [0.2, 0.25) is 0 Å². The van der Waals surface area contributed by atoms with Crippen LogP contribution in [0.5, 0.6) is 0 Å². The number of piperidine rings is 1. The lowest BCUT2D eigenvalue weighted by molar-refractivity contribution is 0.0474. The molecule has 1 fully saturated rings. The van der Waals surface area contributed by atoms with Gasteiger partial charge in [0.2, 0.25) is 0 Å². The van der Waals surface area contributed by atoms with Crippen molar-refractivity contribution < 1.29 is 4.52 Å². The number of rotatable bonds is 5. The normalized spacial score (nSPS) is 24.4. The molecule has 0 amide bonds. The molecule has 1 saturated heterocycles. The maximum atomic E-state index is 8.63. The zero-order valence-corrected chi connectivity index (χ0v) is 13.4. The van der Waals surface area contributed by atoms with Crippen LogP contribution in [0.3, 0.4) is 0 Å². The average molecular weight is 270 g/mol. The van der Waals surface area contributed by atoms with E-state index in [0.717, 1.165) is 6.16 Å². The summed E-state index contributed by atoms with van der Waals surface area (Å²) in [4.78, 5) is 0. The Hall–Kier alpha value is -0.160. The van der Waals surface area contributed by atoms with Crippen molar-refractivity contribution in [3.05, 3.63) is 0 Å². The lowest BCUT2D eigenvalue weighted by Gasteiger charge is -2.55. The molecular formula is C14H27N2OP. The van der Waals surface area contributed by atoms with Crippen LogP contribution in [0.25, 0.3) is 0 Å². The SMILES string of the molecule is CCP(OCCC#N)N1C(C)(C)CCCC1(C)C. The highest BCUT2D eigenvalue weighted by molar-refractivity contribution is 7.50. The van der Waals surface area contributed by atoms with Crippen molar-refractivity contribution in [3.8, 4) is 6.07 Å². The van der Waals surface area contributed by atoms with Gasteiger partial charge in [-0.25, -0.2) is 4.67 Å². The first-order chi connectivity index (χ1) is 8.35. The summed E-state index contributed by atoms with van der Waals surface area (Å²) in [5, 5.41) is 8.63. The molecule has 1 aliphatic heterocycles. The van der Waals surface area contributed by atoms with Crippen LogP contribution in [-0.4, -0.2) is 28.5 Å². The van der Waals surface area contributed by atoms with E-state index in [1.165, 1.54) is 19.3 Å². The molecule has 0 N–H and O–H groups in total. The van der Waals surface area contributed by atoms with E-state index in [-0.39, 0.29) is 11.1 Å². The van der Waals surface area contributed by atoms with E-state index < -0.39 is 8.30 Å². The Morgan fingerprint density at radius 2 is 1.78 bits per heavy atom. The van der Waals surface area contributed by atoms with E-state index in [0.29, 0.717) is 13.0 Å². The average Bonchev–Trinajstić information content (AvgIpc) is 2.25. The van der Waals surface area contributed by atoms with E-state index in [1.807, 2.05) is 0 Å². The fourth-order valence-electron chi connectivity index (χ4n) is 3.08. The van der Waals surface area contributed by atoms with Crippen LogP contribution in [0, 0.1) is 11.3 Å². The summed E-state index contributed by atoms with van der Waals surface area (Å²) in [5.74, 6) is 0. The Morgan fingerprint density at radius 1 is 1.22 bits per heavy atom. The molecule has 0 aliphatic carbocycles. The Bertz CT molecular complexity index is 293. The molecule has 0 aromatic rings. The fraction of sp³-hybridized carbons (Fsp3) is 0.929. The highest BCUT2D eigenvalue weighted by Gasteiger charge is 2.45. The fourth-order valence-corrected chi connectivity index (χ4v) is 5.37. The summed E-state index contributed by atoms with van der Waals surface area (Å²) in [5.41, 5.74) is 0.409. The summed E-state index contributed by atoms with van der Waals surface area (Å²) in [7, 11) is -0.582. The Labute approximate surface area is 113 Å². The molecule has 0 aromatic heterocycles. The molecule has 1 aliphatic rings. The standard InChI is InChI=1S/C14H27N2OP/c1-6-18(17-12-8-11-15)16-13(2,3)9-7-10-14(16,4)5/h6-10,12H2,1-5H3. The van der Waals surface area contributed by atoms with Gasteiger partial charge in [0.1, 0.15) is 8.30 Å². The first-order valence-corrected chi connectivity index (χ1v) is 8.32. The molecule has 1 rings (SSSR count). The van der Waals surface area contributed by atoms with Gasteiger partial charge in [0.05, 0.1) is 19.1 Å². The molecule has 0 aromatic carbocycles. The maximum Gasteiger partial charge on any atom is 0.105 e. The van der Waals surface area contributed by atoms with Crippen molar-refractivity contribution in [1.29, 1.82) is 5.26 Å². The third kappa shape index (κ3) is 3.67. The molecule has 104 valence electrons. The molecule has 0 spiro atoms. The topological polar surface area (TPSA) is 36.3 Å². The van der Waals surface area contributed by atoms with Gasteiger partial charge in [-0.3, -0.25) is 0 Å². The first-order valence-electron chi connectivity index (χ1n) is 6.93. The van der Waals surface area contributed by atoms with Gasteiger partial charge >= 0.3 is 0 Å². The molecule has 18 heavy (non-hydrogen) atoms. The van der Waals surface area contributed by atoms with Crippen molar-refractivity contribution in [1.82, 2.24) is 4.67 Å². The molecule has 1 heterocycles. The summed E-state index contributed by atoms with van der Waals surface area (Å²) < 4.78 is 8.60. The van der Waals surface area contributed by atoms with Gasteiger partial charge in [0, 0.05) is 17.2 Å². The molecular weight excluding hydrogens is 243 g/mol. The van der Waals surface area contributed by atoms with Crippen molar-refractivity contribution in [2.45, 2.75) is 71.4 Å². The summed E-state index contributed by atoms with van der Waals surface area (Å²) in [6.07, 6.45) is 5.29. The number of hydrogen-bond acceptors (Lipinski definition) is 3. The number of nitriles is 1. The van der Waals surface area contributed by atoms with Crippen molar-refractivity contribution in [3.63, 3.8) is 0 Å². The van der Waals surface area contributed by atoms with Gasteiger partial charge in [0.15, 0.2) is 0 Å². The van der Waals surface area contributed by atoms with Crippen LogP contribution in [0.1, 0.15) is 60.3 Å². The molecule has 0 saturated carbocycles. The third-order valence-electron chi connectivity index (χ3n) is 3.67. The molecule has 0 bridgehead atoms. The van der Waals surface area contributed by atoms with Crippen LogP contribution in [0.15, 0.2) is 0 Å². The van der Waals surface area contributed by atoms with Crippen molar-refractivity contribution in [2.75, 3.05) is 12.8 Å². The van der Waals surface area contributed by atoms with Crippen molar-refractivity contribution >= 4 is 8.30 Å². The van der Waals surface area contributed by atoms with Crippen LogP contribution >= 0.6 is 8.30 Å². The smallest absolute Gasteiger partial charge is 0.105 e. The van der Waals surface area contributed by atoms with Gasteiger partial charge in [-0.15, -0.1) is 0 Å². The summed E-state index contributed by atoms with van der Waals surface area (Å²) >= 11 is 0. The van der Waals surface area contributed by atoms with Gasteiger partial charge < -0.3 is 4.52 Å². The van der Waals surface area contributed by atoms with E-state index in [4.69, 9.17) is 9.79 Å². The van der Waals surface area contributed by atoms with Crippen LogP contribution in [0.4, 0.5) is 0 Å².